The molecule has 35 heavy (non-hydrogen) atoms. The van der Waals surface area contributed by atoms with Crippen LogP contribution in [0.15, 0.2) is 30.3 Å². The van der Waals surface area contributed by atoms with E-state index in [1.165, 1.54) is 0 Å². The number of carbonyl (C=O) groups is 1. The largest absolute Gasteiger partial charge is 0.445 e. The van der Waals surface area contributed by atoms with E-state index in [0.29, 0.717) is 99.0 Å². The summed E-state index contributed by atoms with van der Waals surface area (Å²) in [6.45, 7) is 7.90. The maximum atomic E-state index is 11.6. The normalized spacial score (nSPS) is 11.0. The van der Waals surface area contributed by atoms with Crippen LogP contribution in [0.5, 0.6) is 0 Å². The molecule has 0 saturated heterocycles. The van der Waals surface area contributed by atoms with E-state index in [2.05, 4.69) is 21.2 Å². The molecule has 0 aromatic heterocycles. The van der Waals surface area contributed by atoms with Gasteiger partial charge in [0.05, 0.1) is 92.5 Å². The van der Waals surface area contributed by atoms with Crippen LogP contribution in [0.2, 0.25) is 0 Å². The highest BCUT2D eigenvalue weighted by Gasteiger charge is 2.01. The van der Waals surface area contributed by atoms with Crippen molar-refractivity contribution in [2.75, 3.05) is 104 Å². The number of alkyl halides is 1. The van der Waals surface area contributed by atoms with Crippen molar-refractivity contribution in [3.63, 3.8) is 0 Å². The maximum absolute atomic E-state index is 11.6. The number of benzene rings is 1. The number of hydrogen-bond donors (Lipinski definition) is 1. The van der Waals surface area contributed by atoms with Gasteiger partial charge < -0.3 is 43.2 Å². The molecule has 202 valence electrons. The predicted octanol–water partition coefficient (Wildman–Crippen LogP) is 2.42. The smallest absolute Gasteiger partial charge is 0.407 e. The van der Waals surface area contributed by atoms with Crippen molar-refractivity contribution in [3.05, 3.63) is 35.9 Å². The van der Waals surface area contributed by atoms with E-state index >= 15 is 0 Å². The van der Waals surface area contributed by atoms with E-state index in [0.717, 1.165) is 10.9 Å². The minimum absolute atomic E-state index is 0.245. The average Bonchev–Trinajstić information content (AvgIpc) is 2.88. The fourth-order valence-electron chi connectivity index (χ4n) is 2.48. The van der Waals surface area contributed by atoms with Gasteiger partial charge in [0.1, 0.15) is 6.61 Å². The summed E-state index contributed by atoms with van der Waals surface area (Å²) in [4.78, 5) is 11.6. The van der Waals surface area contributed by atoms with Crippen LogP contribution in [-0.2, 0) is 44.5 Å². The summed E-state index contributed by atoms with van der Waals surface area (Å²) in [6, 6.07) is 9.51. The van der Waals surface area contributed by atoms with Crippen LogP contribution in [-0.4, -0.2) is 110 Å². The van der Waals surface area contributed by atoms with Gasteiger partial charge in [-0.3, -0.25) is 0 Å². The fraction of sp³-hybridized carbons (Fsp3) is 0.708. The first kappa shape index (κ1) is 31.7. The second kappa shape index (κ2) is 25.8. The first-order valence-electron chi connectivity index (χ1n) is 11.9. The monoisotopic (exact) mass is 565 g/mol. The zero-order chi connectivity index (χ0) is 25.1. The quantitative estimate of drug-likeness (QED) is 0.141. The van der Waals surface area contributed by atoms with Gasteiger partial charge in [-0.15, -0.1) is 0 Å². The number of alkyl carbamates (subject to hydrolysis) is 1. The second-order valence-electron chi connectivity index (χ2n) is 6.96. The van der Waals surface area contributed by atoms with Gasteiger partial charge in [0.2, 0.25) is 0 Å². The van der Waals surface area contributed by atoms with Crippen molar-refractivity contribution < 1.29 is 42.7 Å². The van der Waals surface area contributed by atoms with Crippen molar-refractivity contribution in [3.8, 4) is 0 Å². The highest BCUT2D eigenvalue weighted by atomic mass is 79.9. The van der Waals surface area contributed by atoms with Crippen molar-refractivity contribution in [2.24, 2.45) is 0 Å². The predicted molar refractivity (Wildman–Crippen MR) is 134 cm³/mol. The number of rotatable bonds is 25. The maximum Gasteiger partial charge on any atom is 0.407 e. The minimum atomic E-state index is -0.463. The Morgan fingerprint density at radius 3 is 1.43 bits per heavy atom. The molecule has 1 aromatic carbocycles. The van der Waals surface area contributed by atoms with Crippen LogP contribution < -0.4 is 5.32 Å². The Morgan fingerprint density at radius 1 is 0.600 bits per heavy atom. The van der Waals surface area contributed by atoms with Crippen molar-refractivity contribution in [2.45, 2.75) is 6.61 Å². The first-order valence-corrected chi connectivity index (χ1v) is 13.0. The molecule has 0 saturated carbocycles. The van der Waals surface area contributed by atoms with Crippen LogP contribution >= 0.6 is 15.9 Å². The highest BCUT2D eigenvalue weighted by molar-refractivity contribution is 9.09. The number of hydrogen-bond acceptors (Lipinski definition) is 9. The summed E-state index contributed by atoms with van der Waals surface area (Å²) in [5, 5.41) is 3.47. The molecule has 1 N–H and O–H groups in total. The Balaban J connectivity index is 1.69. The molecule has 11 heteroatoms. The zero-order valence-electron chi connectivity index (χ0n) is 20.5. The number of nitrogens with one attached hydrogen (secondary N) is 1. The Morgan fingerprint density at radius 2 is 1.00 bits per heavy atom. The molecule has 0 radical (unpaired) electrons. The van der Waals surface area contributed by atoms with Crippen LogP contribution in [0.25, 0.3) is 0 Å². The third kappa shape index (κ3) is 22.9. The summed E-state index contributed by atoms with van der Waals surface area (Å²) in [5.41, 5.74) is 0.943. The van der Waals surface area contributed by atoms with E-state index in [4.69, 9.17) is 37.9 Å². The standard InChI is InChI=1S/C24H40BrNO9/c25-6-8-28-10-12-30-14-16-32-18-20-34-21-19-33-17-15-31-13-11-29-9-7-26-24(27)35-22-23-4-2-1-3-5-23/h1-5H,6-22H2,(H,26,27). The van der Waals surface area contributed by atoms with Gasteiger partial charge in [0, 0.05) is 11.9 Å². The van der Waals surface area contributed by atoms with Crippen LogP contribution in [0.1, 0.15) is 5.56 Å². The van der Waals surface area contributed by atoms with E-state index in [1.807, 2.05) is 30.3 Å². The molecular formula is C24H40BrNO9. The third-order valence-electron chi connectivity index (χ3n) is 4.18. The van der Waals surface area contributed by atoms with Gasteiger partial charge in [-0.25, -0.2) is 4.79 Å². The lowest BCUT2D eigenvalue weighted by atomic mass is 10.2. The van der Waals surface area contributed by atoms with Crippen molar-refractivity contribution in [1.29, 1.82) is 0 Å². The molecule has 1 amide bonds. The van der Waals surface area contributed by atoms with Gasteiger partial charge in [-0.05, 0) is 5.56 Å². The van der Waals surface area contributed by atoms with Crippen molar-refractivity contribution >= 4 is 22.0 Å². The van der Waals surface area contributed by atoms with Gasteiger partial charge in [0.25, 0.3) is 0 Å². The lowest BCUT2D eigenvalue weighted by molar-refractivity contribution is -0.0199. The molecule has 0 bridgehead atoms. The van der Waals surface area contributed by atoms with Gasteiger partial charge in [-0.2, -0.15) is 0 Å². The molecule has 0 heterocycles. The summed E-state index contributed by atoms with van der Waals surface area (Å²) in [5.74, 6) is 0. The molecular weight excluding hydrogens is 526 g/mol. The fourth-order valence-corrected chi connectivity index (χ4v) is 2.70. The summed E-state index contributed by atoms with van der Waals surface area (Å²) in [7, 11) is 0. The number of ether oxygens (including phenoxy) is 8. The van der Waals surface area contributed by atoms with Crippen LogP contribution in [0.3, 0.4) is 0 Å². The van der Waals surface area contributed by atoms with E-state index < -0.39 is 6.09 Å². The SMILES string of the molecule is O=C(NCCOCCOCCOCCOCCOCCOCCOCCBr)OCc1ccccc1. The Labute approximate surface area is 216 Å². The molecule has 0 aliphatic carbocycles. The zero-order valence-corrected chi connectivity index (χ0v) is 22.0. The molecule has 0 spiro atoms. The topological polar surface area (TPSA) is 103 Å². The summed E-state index contributed by atoms with van der Waals surface area (Å²) in [6.07, 6.45) is -0.463. The number of carbonyl (C=O) groups excluding carboxylic acids is 1. The molecule has 0 aliphatic heterocycles. The molecule has 0 unspecified atom stereocenters. The molecule has 0 aliphatic rings. The van der Waals surface area contributed by atoms with Crippen LogP contribution in [0.4, 0.5) is 4.79 Å². The molecule has 1 rings (SSSR count). The number of amides is 1. The van der Waals surface area contributed by atoms with E-state index in [-0.39, 0.29) is 6.61 Å². The lowest BCUT2D eigenvalue weighted by Gasteiger charge is -2.09. The molecule has 10 nitrogen and oxygen atoms in total. The van der Waals surface area contributed by atoms with Gasteiger partial charge in [0.15, 0.2) is 0 Å². The lowest BCUT2D eigenvalue weighted by Crippen LogP contribution is -2.28. The van der Waals surface area contributed by atoms with Gasteiger partial charge in [-0.1, -0.05) is 46.3 Å². The Kier molecular flexibility index (Phi) is 23.4. The van der Waals surface area contributed by atoms with Gasteiger partial charge >= 0.3 is 6.09 Å². The molecule has 0 fully saturated rings. The van der Waals surface area contributed by atoms with E-state index in [1.54, 1.807) is 0 Å². The number of halogens is 1. The summed E-state index contributed by atoms with van der Waals surface area (Å²) >= 11 is 3.29. The Hall–Kier alpha value is -1.31. The highest BCUT2D eigenvalue weighted by Crippen LogP contribution is 2.00. The third-order valence-corrected chi connectivity index (χ3v) is 4.51. The van der Waals surface area contributed by atoms with Crippen molar-refractivity contribution in [1.82, 2.24) is 5.32 Å². The second-order valence-corrected chi connectivity index (χ2v) is 7.76. The minimum Gasteiger partial charge on any atom is -0.445 e. The first-order chi connectivity index (χ1) is 17.3. The average molecular weight is 566 g/mol. The van der Waals surface area contributed by atoms with E-state index in [9.17, 15) is 4.79 Å². The molecule has 1 aromatic rings. The molecule has 0 atom stereocenters. The van der Waals surface area contributed by atoms with Crippen LogP contribution in [0, 0.1) is 0 Å². The summed E-state index contributed by atoms with van der Waals surface area (Å²) < 4.78 is 42.8. The Bertz CT molecular complexity index is 583.